The summed E-state index contributed by atoms with van der Waals surface area (Å²) < 4.78 is 0. The van der Waals surface area contributed by atoms with Crippen LogP contribution in [0.2, 0.25) is 0 Å². The van der Waals surface area contributed by atoms with Crippen LogP contribution in [0.5, 0.6) is 0 Å². The second kappa shape index (κ2) is 5.40. The third-order valence-electron chi connectivity index (χ3n) is 2.58. The van der Waals surface area contributed by atoms with Gasteiger partial charge in [-0.15, -0.1) is 11.3 Å². The first-order valence-corrected chi connectivity index (χ1v) is 5.86. The Hall–Kier alpha value is -0.340. The zero-order valence-electron chi connectivity index (χ0n) is 8.36. The molecule has 1 N–H and O–H groups in total. The van der Waals surface area contributed by atoms with Crippen LogP contribution < -0.4 is 0 Å². The van der Waals surface area contributed by atoms with Gasteiger partial charge in [0, 0.05) is 11.3 Å². The third kappa shape index (κ3) is 3.12. The minimum absolute atomic E-state index is 0.159. The van der Waals surface area contributed by atoms with Crippen LogP contribution in [0.25, 0.3) is 0 Å². The summed E-state index contributed by atoms with van der Waals surface area (Å²) in [5, 5.41) is 12.0. The van der Waals surface area contributed by atoms with Gasteiger partial charge in [0.05, 0.1) is 6.10 Å². The van der Waals surface area contributed by atoms with Crippen molar-refractivity contribution in [3.8, 4) is 0 Å². The third-order valence-corrected chi connectivity index (χ3v) is 3.48. The lowest BCUT2D eigenvalue weighted by Gasteiger charge is -2.19. The average Bonchev–Trinajstić information content (AvgIpc) is 2.59. The summed E-state index contributed by atoms with van der Waals surface area (Å²) in [5.74, 6) is 0.460. The van der Waals surface area contributed by atoms with Gasteiger partial charge in [-0.1, -0.05) is 32.8 Å². The monoisotopic (exact) mass is 198 g/mol. The molecule has 0 amide bonds. The first-order valence-electron chi connectivity index (χ1n) is 4.98. The molecule has 0 aliphatic rings. The minimum atomic E-state index is -0.159. The second-order valence-corrected chi connectivity index (χ2v) is 4.46. The van der Waals surface area contributed by atoms with Crippen LogP contribution in [-0.2, 0) is 6.42 Å². The molecule has 0 saturated heterocycles. The molecular formula is C11H18OS. The Bertz CT molecular complexity index is 214. The topological polar surface area (TPSA) is 20.2 Å². The van der Waals surface area contributed by atoms with Crippen LogP contribution in [0.3, 0.4) is 0 Å². The summed E-state index contributed by atoms with van der Waals surface area (Å²) in [7, 11) is 0. The molecule has 0 radical (unpaired) electrons. The predicted molar refractivity (Wildman–Crippen MR) is 58.1 cm³/mol. The molecule has 1 rings (SSSR count). The van der Waals surface area contributed by atoms with Crippen LogP contribution in [0, 0.1) is 5.92 Å². The highest BCUT2D eigenvalue weighted by Gasteiger charge is 2.15. The van der Waals surface area contributed by atoms with E-state index in [9.17, 15) is 5.11 Å². The molecule has 1 heterocycles. The van der Waals surface area contributed by atoms with Gasteiger partial charge < -0.3 is 5.11 Å². The van der Waals surface area contributed by atoms with E-state index in [0.717, 1.165) is 19.3 Å². The number of hydrogen-bond acceptors (Lipinski definition) is 2. The van der Waals surface area contributed by atoms with Crippen LogP contribution in [-0.4, -0.2) is 11.2 Å². The number of thiophene rings is 1. The van der Waals surface area contributed by atoms with Crippen LogP contribution >= 0.6 is 11.3 Å². The Balaban J connectivity index is 2.44. The van der Waals surface area contributed by atoms with Crippen LogP contribution in [0.4, 0.5) is 0 Å². The molecule has 1 nitrogen and oxygen atoms in total. The first-order chi connectivity index (χ1) is 6.27. The van der Waals surface area contributed by atoms with Crippen molar-refractivity contribution in [3.63, 3.8) is 0 Å². The number of aliphatic hydroxyl groups excluding tert-OH is 1. The van der Waals surface area contributed by atoms with E-state index in [1.54, 1.807) is 11.3 Å². The van der Waals surface area contributed by atoms with Crippen molar-refractivity contribution in [1.82, 2.24) is 0 Å². The lowest BCUT2D eigenvalue weighted by Crippen LogP contribution is -2.21. The van der Waals surface area contributed by atoms with Gasteiger partial charge in [0.2, 0.25) is 0 Å². The largest absolute Gasteiger partial charge is 0.392 e. The highest BCUT2D eigenvalue weighted by atomic mass is 32.1. The number of hydrogen-bond donors (Lipinski definition) is 1. The Kier molecular flexibility index (Phi) is 4.46. The Morgan fingerprint density at radius 3 is 2.54 bits per heavy atom. The van der Waals surface area contributed by atoms with E-state index in [2.05, 4.69) is 25.3 Å². The van der Waals surface area contributed by atoms with Crippen molar-refractivity contribution in [1.29, 1.82) is 0 Å². The molecule has 0 spiro atoms. The minimum Gasteiger partial charge on any atom is -0.392 e. The molecule has 1 aromatic rings. The summed E-state index contributed by atoms with van der Waals surface area (Å²) in [6.45, 7) is 4.29. The van der Waals surface area contributed by atoms with E-state index >= 15 is 0 Å². The maximum absolute atomic E-state index is 9.89. The normalized spacial score (nSPS) is 13.5. The van der Waals surface area contributed by atoms with Gasteiger partial charge in [-0.05, 0) is 17.4 Å². The fraction of sp³-hybridized carbons (Fsp3) is 0.636. The molecule has 1 unspecified atom stereocenters. The van der Waals surface area contributed by atoms with Crippen LogP contribution in [0.1, 0.15) is 31.6 Å². The molecule has 0 saturated carbocycles. The van der Waals surface area contributed by atoms with Crippen molar-refractivity contribution < 1.29 is 5.11 Å². The lowest BCUT2D eigenvalue weighted by molar-refractivity contribution is 0.104. The number of rotatable bonds is 5. The molecule has 13 heavy (non-hydrogen) atoms. The van der Waals surface area contributed by atoms with Gasteiger partial charge in [-0.25, -0.2) is 0 Å². The standard InChI is InChI=1S/C11H18OS/c1-3-9(4-2)11(12)8-10-6-5-7-13-10/h5-7,9,11-12H,3-4,8H2,1-2H3. The summed E-state index contributed by atoms with van der Waals surface area (Å²) in [6, 6.07) is 4.13. The molecule has 2 heteroatoms. The summed E-state index contributed by atoms with van der Waals surface area (Å²) >= 11 is 1.73. The van der Waals surface area contributed by atoms with Crippen molar-refractivity contribution in [2.24, 2.45) is 5.92 Å². The maximum Gasteiger partial charge on any atom is 0.0616 e. The average molecular weight is 198 g/mol. The van der Waals surface area contributed by atoms with Crippen molar-refractivity contribution >= 4 is 11.3 Å². The Morgan fingerprint density at radius 2 is 2.08 bits per heavy atom. The lowest BCUT2D eigenvalue weighted by atomic mass is 9.94. The fourth-order valence-electron chi connectivity index (χ4n) is 1.63. The van der Waals surface area contributed by atoms with Gasteiger partial charge in [-0.2, -0.15) is 0 Å². The van der Waals surface area contributed by atoms with E-state index in [1.165, 1.54) is 4.88 Å². The van der Waals surface area contributed by atoms with Gasteiger partial charge in [0.25, 0.3) is 0 Å². The SMILES string of the molecule is CCC(CC)C(O)Cc1cccs1. The van der Waals surface area contributed by atoms with E-state index in [1.807, 2.05) is 6.07 Å². The molecule has 0 aliphatic carbocycles. The maximum atomic E-state index is 9.89. The zero-order chi connectivity index (χ0) is 9.68. The van der Waals surface area contributed by atoms with Crippen molar-refractivity contribution in [2.45, 2.75) is 39.2 Å². The highest BCUT2D eigenvalue weighted by molar-refractivity contribution is 7.09. The molecule has 0 aromatic carbocycles. The van der Waals surface area contributed by atoms with E-state index in [4.69, 9.17) is 0 Å². The van der Waals surface area contributed by atoms with Crippen molar-refractivity contribution in [2.75, 3.05) is 0 Å². The molecule has 0 aliphatic heterocycles. The van der Waals surface area contributed by atoms with Crippen molar-refractivity contribution in [3.05, 3.63) is 22.4 Å². The molecule has 0 fully saturated rings. The Morgan fingerprint density at radius 1 is 1.38 bits per heavy atom. The van der Waals surface area contributed by atoms with E-state index < -0.39 is 0 Å². The summed E-state index contributed by atoms with van der Waals surface area (Å²) in [5.41, 5.74) is 0. The quantitative estimate of drug-likeness (QED) is 0.771. The molecule has 1 aromatic heterocycles. The van der Waals surface area contributed by atoms with E-state index in [0.29, 0.717) is 5.92 Å². The Labute approximate surface area is 84.4 Å². The fourth-order valence-corrected chi connectivity index (χ4v) is 2.39. The van der Waals surface area contributed by atoms with Gasteiger partial charge in [0.15, 0.2) is 0 Å². The number of aliphatic hydroxyl groups is 1. The van der Waals surface area contributed by atoms with Gasteiger partial charge in [-0.3, -0.25) is 0 Å². The first kappa shape index (κ1) is 10.7. The zero-order valence-corrected chi connectivity index (χ0v) is 9.18. The summed E-state index contributed by atoms with van der Waals surface area (Å²) in [6.07, 6.45) is 2.81. The molecule has 1 atom stereocenters. The smallest absolute Gasteiger partial charge is 0.0616 e. The molecule has 74 valence electrons. The summed E-state index contributed by atoms with van der Waals surface area (Å²) in [4.78, 5) is 1.29. The molecule has 0 bridgehead atoms. The van der Waals surface area contributed by atoms with Gasteiger partial charge >= 0.3 is 0 Å². The highest BCUT2D eigenvalue weighted by Crippen LogP contribution is 2.19. The van der Waals surface area contributed by atoms with E-state index in [-0.39, 0.29) is 6.10 Å². The van der Waals surface area contributed by atoms with Gasteiger partial charge in [0.1, 0.15) is 0 Å². The predicted octanol–water partition coefficient (Wildman–Crippen LogP) is 3.09. The van der Waals surface area contributed by atoms with Crippen LogP contribution in [0.15, 0.2) is 17.5 Å². The second-order valence-electron chi connectivity index (χ2n) is 3.43. The molecular weight excluding hydrogens is 180 g/mol.